The van der Waals surface area contributed by atoms with Gasteiger partial charge in [-0.2, -0.15) is 15.8 Å². The molecule has 0 heterocycles. The van der Waals surface area contributed by atoms with Crippen LogP contribution in [-0.2, 0) is 10.8 Å². The zero-order valence-electron chi connectivity index (χ0n) is 24.6. The summed E-state index contributed by atoms with van der Waals surface area (Å²) in [5, 5.41) is 29.1. The van der Waals surface area contributed by atoms with Crippen molar-refractivity contribution in [2.75, 3.05) is 0 Å². The van der Waals surface area contributed by atoms with Crippen LogP contribution >= 0.6 is 0 Å². The van der Waals surface area contributed by atoms with Gasteiger partial charge in [0.1, 0.15) is 0 Å². The molecule has 3 nitrogen and oxygen atoms in total. The summed E-state index contributed by atoms with van der Waals surface area (Å²) in [6.07, 6.45) is 15.2. The third-order valence-electron chi connectivity index (χ3n) is 10.4. The first kappa shape index (κ1) is 26.3. The summed E-state index contributed by atoms with van der Waals surface area (Å²) in [4.78, 5) is 0. The monoisotopic (exact) mass is 543 g/mol. The van der Waals surface area contributed by atoms with Gasteiger partial charge in [-0.05, 0) is 104 Å². The third kappa shape index (κ3) is 3.76. The van der Waals surface area contributed by atoms with Gasteiger partial charge in [0.2, 0.25) is 0 Å². The summed E-state index contributed by atoms with van der Waals surface area (Å²) < 4.78 is 0. The molecule has 5 aliphatic rings. The van der Waals surface area contributed by atoms with Crippen LogP contribution in [0.4, 0.5) is 0 Å². The SMILES string of the molecule is CC1(C)C2=C(CCC(C#N)=C2)c2ccc(C3=CC(C#N)CC(c4ccc5c(c4)C(C)(C)C4C=C(C#N)C=CC54)=C3)cc21. The molecule has 204 valence electrons. The van der Waals surface area contributed by atoms with Gasteiger partial charge in [-0.25, -0.2) is 0 Å². The predicted molar refractivity (Wildman–Crippen MR) is 168 cm³/mol. The van der Waals surface area contributed by atoms with E-state index < -0.39 is 0 Å². The zero-order valence-corrected chi connectivity index (χ0v) is 24.6. The second kappa shape index (κ2) is 9.18. The van der Waals surface area contributed by atoms with Gasteiger partial charge in [-0.1, -0.05) is 82.3 Å². The van der Waals surface area contributed by atoms with Crippen LogP contribution in [0.1, 0.15) is 86.3 Å². The van der Waals surface area contributed by atoms with E-state index in [1.807, 2.05) is 6.08 Å². The smallest absolute Gasteiger partial charge is 0.0988 e. The van der Waals surface area contributed by atoms with Crippen molar-refractivity contribution in [2.45, 2.75) is 63.7 Å². The van der Waals surface area contributed by atoms with Gasteiger partial charge in [0.15, 0.2) is 0 Å². The lowest BCUT2D eigenvalue weighted by atomic mass is 9.73. The van der Waals surface area contributed by atoms with E-state index in [-0.39, 0.29) is 28.6 Å². The maximum absolute atomic E-state index is 10.1. The molecule has 2 aromatic rings. The Balaban J connectivity index is 1.27. The molecule has 0 spiro atoms. The van der Waals surface area contributed by atoms with Crippen LogP contribution in [0.3, 0.4) is 0 Å². The maximum Gasteiger partial charge on any atom is 0.0988 e. The highest BCUT2D eigenvalue weighted by atomic mass is 14.5. The molecule has 7 rings (SSSR count). The summed E-state index contributed by atoms with van der Waals surface area (Å²) in [5.41, 5.74) is 13.9. The van der Waals surface area contributed by atoms with Crippen molar-refractivity contribution in [3.05, 3.63) is 123 Å². The lowest BCUT2D eigenvalue weighted by molar-refractivity contribution is 0.393. The molecule has 2 aromatic carbocycles. The van der Waals surface area contributed by atoms with Crippen LogP contribution in [0.5, 0.6) is 0 Å². The number of nitriles is 3. The minimum absolute atomic E-state index is 0.0943. The van der Waals surface area contributed by atoms with Crippen LogP contribution in [-0.4, -0.2) is 0 Å². The first-order valence-electron chi connectivity index (χ1n) is 14.9. The highest BCUT2D eigenvalue weighted by Crippen LogP contribution is 2.55. The van der Waals surface area contributed by atoms with Gasteiger partial charge in [-0.3, -0.25) is 0 Å². The number of allylic oxidation sites excluding steroid dienone is 12. The Hall–Kier alpha value is -4.65. The Kier molecular flexibility index (Phi) is 5.74. The van der Waals surface area contributed by atoms with Crippen molar-refractivity contribution >= 4 is 16.7 Å². The van der Waals surface area contributed by atoms with Crippen molar-refractivity contribution < 1.29 is 0 Å². The highest BCUT2D eigenvalue weighted by molar-refractivity contribution is 5.90. The van der Waals surface area contributed by atoms with Crippen molar-refractivity contribution in [3.63, 3.8) is 0 Å². The minimum Gasteiger partial charge on any atom is -0.198 e. The molecule has 0 bridgehead atoms. The first-order valence-corrected chi connectivity index (χ1v) is 14.9. The topological polar surface area (TPSA) is 71.4 Å². The number of hydrogen-bond acceptors (Lipinski definition) is 3. The van der Waals surface area contributed by atoms with E-state index in [1.165, 1.54) is 44.5 Å². The largest absolute Gasteiger partial charge is 0.198 e. The standard InChI is InChI=1S/C39H33N3/c1-38(2)34-15-23(20-40)5-9-30(34)32-11-7-26(18-36(32)38)28-13-25(22-42)14-29(17-28)27-8-12-33-31-10-6-24(21-41)16-35(31)39(3,4)37(33)19-27/h5,7-9,11-12,14-19,25,30,34H,6,10,13H2,1-4H3. The molecule has 0 amide bonds. The quantitative estimate of drug-likeness (QED) is 0.379. The lowest BCUT2D eigenvalue weighted by Gasteiger charge is -2.30. The fourth-order valence-electron chi connectivity index (χ4n) is 8.07. The summed E-state index contributed by atoms with van der Waals surface area (Å²) in [6.45, 7) is 9.10. The van der Waals surface area contributed by atoms with Crippen molar-refractivity contribution in [1.29, 1.82) is 15.8 Å². The predicted octanol–water partition coefficient (Wildman–Crippen LogP) is 9.00. The molecule has 0 saturated carbocycles. The van der Waals surface area contributed by atoms with E-state index in [0.29, 0.717) is 6.42 Å². The Morgan fingerprint density at radius 2 is 1.62 bits per heavy atom. The van der Waals surface area contributed by atoms with Crippen LogP contribution in [0, 0.1) is 45.8 Å². The second-order valence-corrected chi connectivity index (χ2v) is 13.5. The number of fused-ring (bicyclic) bond motifs is 5. The molecular weight excluding hydrogens is 510 g/mol. The molecule has 0 radical (unpaired) electrons. The molecule has 3 heteroatoms. The molecule has 3 atom stereocenters. The Morgan fingerprint density at radius 3 is 2.38 bits per heavy atom. The Labute approximate surface area is 248 Å². The number of nitrogens with zero attached hydrogens (tertiary/aromatic N) is 3. The molecule has 0 aliphatic heterocycles. The van der Waals surface area contributed by atoms with Gasteiger partial charge in [-0.15, -0.1) is 0 Å². The molecule has 3 unspecified atom stereocenters. The highest BCUT2D eigenvalue weighted by Gasteiger charge is 2.45. The second-order valence-electron chi connectivity index (χ2n) is 13.5. The van der Waals surface area contributed by atoms with Gasteiger partial charge >= 0.3 is 0 Å². The van der Waals surface area contributed by atoms with E-state index in [9.17, 15) is 15.8 Å². The van der Waals surface area contributed by atoms with Crippen LogP contribution in [0.2, 0.25) is 0 Å². The van der Waals surface area contributed by atoms with Crippen LogP contribution < -0.4 is 0 Å². The van der Waals surface area contributed by atoms with Gasteiger partial charge < -0.3 is 0 Å². The zero-order chi connectivity index (χ0) is 29.4. The van der Waals surface area contributed by atoms with E-state index in [2.05, 4.69) is 113 Å². The molecule has 0 aromatic heterocycles. The summed E-state index contributed by atoms with van der Waals surface area (Å²) in [5.74, 6) is 0.358. The first-order chi connectivity index (χ1) is 20.1. The normalized spacial score (nSPS) is 25.8. The van der Waals surface area contributed by atoms with E-state index in [0.717, 1.165) is 35.1 Å². The maximum atomic E-state index is 10.1. The molecular formula is C39H33N3. The summed E-state index contributed by atoms with van der Waals surface area (Å²) in [6, 6.07) is 20.8. The molecule has 0 saturated heterocycles. The Bertz CT molecular complexity index is 1890. The van der Waals surface area contributed by atoms with Crippen molar-refractivity contribution in [2.24, 2.45) is 11.8 Å². The van der Waals surface area contributed by atoms with Crippen molar-refractivity contribution in [1.82, 2.24) is 0 Å². The fraction of sp³-hybridized carbons (Fsp3) is 0.308. The average Bonchev–Trinajstić information content (AvgIpc) is 3.38. The average molecular weight is 544 g/mol. The molecule has 5 aliphatic carbocycles. The Morgan fingerprint density at radius 1 is 0.833 bits per heavy atom. The molecule has 0 N–H and O–H groups in total. The molecule has 42 heavy (non-hydrogen) atoms. The number of hydrogen-bond donors (Lipinski definition) is 0. The summed E-state index contributed by atoms with van der Waals surface area (Å²) >= 11 is 0. The fourth-order valence-corrected chi connectivity index (χ4v) is 8.07. The van der Waals surface area contributed by atoms with Crippen LogP contribution in [0.25, 0.3) is 16.7 Å². The van der Waals surface area contributed by atoms with E-state index in [4.69, 9.17) is 0 Å². The van der Waals surface area contributed by atoms with Gasteiger partial charge in [0, 0.05) is 22.5 Å². The third-order valence-corrected chi connectivity index (χ3v) is 10.4. The van der Waals surface area contributed by atoms with E-state index >= 15 is 0 Å². The van der Waals surface area contributed by atoms with Gasteiger partial charge in [0.05, 0.1) is 24.1 Å². The number of rotatable bonds is 2. The van der Waals surface area contributed by atoms with Crippen molar-refractivity contribution in [3.8, 4) is 18.2 Å². The van der Waals surface area contributed by atoms with Crippen LogP contribution in [0.15, 0.2) is 89.6 Å². The van der Waals surface area contributed by atoms with E-state index in [1.54, 1.807) is 0 Å². The lowest BCUT2D eigenvalue weighted by Crippen LogP contribution is -2.25. The number of benzene rings is 2. The summed E-state index contributed by atoms with van der Waals surface area (Å²) in [7, 11) is 0. The minimum atomic E-state index is -0.193. The van der Waals surface area contributed by atoms with Gasteiger partial charge in [0.25, 0.3) is 0 Å². The molecule has 0 fully saturated rings.